The predicted octanol–water partition coefficient (Wildman–Crippen LogP) is 2.93. The molecule has 0 bridgehead atoms. The Kier molecular flexibility index (Phi) is 4.10. The number of nitrogens with two attached hydrogens (primary N) is 1. The summed E-state index contributed by atoms with van der Waals surface area (Å²) in [5.41, 5.74) is 5.92. The van der Waals surface area contributed by atoms with Gasteiger partial charge in [0.1, 0.15) is 11.4 Å². The van der Waals surface area contributed by atoms with E-state index in [1.807, 2.05) is 13.8 Å². The highest BCUT2D eigenvalue weighted by Crippen LogP contribution is 2.28. The molecular weight excluding hydrogens is 244 g/mol. The van der Waals surface area contributed by atoms with Crippen molar-refractivity contribution in [2.75, 3.05) is 5.32 Å². The molecule has 0 atom stereocenters. The number of ether oxygens (including phenoxy) is 1. The van der Waals surface area contributed by atoms with Crippen LogP contribution < -0.4 is 11.1 Å². The summed E-state index contributed by atoms with van der Waals surface area (Å²) in [6.07, 6.45) is -0.616. The molecule has 0 aliphatic heterocycles. The van der Waals surface area contributed by atoms with Crippen molar-refractivity contribution in [3.05, 3.63) is 23.8 Å². The van der Waals surface area contributed by atoms with E-state index >= 15 is 0 Å². The lowest BCUT2D eigenvalue weighted by Gasteiger charge is -2.22. The summed E-state index contributed by atoms with van der Waals surface area (Å²) in [5.74, 6) is -0.0288. The Morgan fingerprint density at radius 2 is 1.84 bits per heavy atom. The van der Waals surface area contributed by atoms with Crippen molar-refractivity contribution >= 4 is 11.8 Å². The number of aromatic hydroxyl groups is 1. The van der Waals surface area contributed by atoms with E-state index in [1.165, 1.54) is 6.07 Å². The molecule has 0 aromatic heterocycles. The molecule has 1 aromatic rings. The maximum atomic E-state index is 11.7. The first-order valence-electron chi connectivity index (χ1n) is 6.11. The van der Waals surface area contributed by atoms with Crippen LogP contribution in [0.15, 0.2) is 18.2 Å². The Balaban J connectivity index is 2.92. The fraction of sp³-hybridized carbons (Fsp3) is 0.500. The monoisotopic (exact) mass is 266 g/mol. The van der Waals surface area contributed by atoms with Gasteiger partial charge in [0.15, 0.2) is 0 Å². The lowest BCUT2D eigenvalue weighted by molar-refractivity contribution is 0.0635. The number of benzene rings is 1. The van der Waals surface area contributed by atoms with Gasteiger partial charge in [0.25, 0.3) is 0 Å². The van der Waals surface area contributed by atoms with Crippen molar-refractivity contribution in [2.24, 2.45) is 5.73 Å². The van der Waals surface area contributed by atoms with Crippen LogP contribution in [0.3, 0.4) is 0 Å². The first-order chi connectivity index (χ1) is 8.49. The lowest BCUT2D eigenvalue weighted by atomic mass is 9.95. The van der Waals surface area contributed by atoms with Gasteiger partial charge < -0.3 is 15.6 Å². The summed E-state index contributed by atoms with van der Waals surface area (Å²) in [7, 11) is 0. The normalized spacial score (nSPS) is 12.1. The second-order valence-corrected chi connectivity index (χ2v) is 6.08. The molecule has 19 heavy (non-hydrogen) atoms. The van der Waals surface area contributed by atoms with Crippen LogP contribution in [0.1, 0.15) is 40.2 Å². The molecule has 106 valence electrons. The van der Waals surface area contributed by atoms with Gasteiger partial charge in [-0.05, 0) is 52.3 Å². The molecule has 1 amide bonds. The standard InChI is InChI=1S/C14H22N2O3/c1-13(2,3)19-12(18)16-10-8-9(14(4,5)15)6-7-11(10)17/h6-8,17H,15H2,1-5H3,(H,16,18). The van der Waals surface area contributed by atoms with Gasteiger partial charge in [0.05, 0.1) is 5.69 Å². The molecule has 0 aliphatic rings. The fourth-order valence-corrected chi connectivity index (χ4v) is 1.45. The number of rotatable bonds is 2. The van der Waals surface area contributed by atoms with E-state index < -0.39 is 17.2 Å². The molecule has 0 spiro atoms. The second kappa shape index (κ2) is 5.09. The third-order valence-electron chi connectivity index (χ3n) is 2.38. The summed E-state index contributed by atoms with van der Waals surface area (Å²) in [4.78, 5) is 11.7. The van der Waals surface area contributed by atoms with Gasteiger partial charge in [0.2, 0.25) is 0 Å². The third-order valence-corrected chi connectivity index (χ3v) is 2.38. The van der Waals surface area contributed by atoms with E-state index in [0.717, 1.165) is 5.56 Å². The quantitative estimate of drug-likeness (QED) is 0.718. The van der Waals surface area contributed by atoms with Gasteiger partial charge in [-0.3, -0.25) is 5.32 Å². The number of phenolic OH excluding ortho intramolecular Hbond substituents is 1. The number of nitrogens with one attached hydrogen (secondary N) is 1. The molecule has 0 unspecified atom stereocenters. The van der Waals surface area contributed by atoms with Crippen LogP contribution in [0.4, 0.5) is 10.5 Å². The summed E-state index contributed by atoms with van der Waals surface area (Å²) >= 11 is 0. The molecular formula is C14H22N2O3. The van der Waals surface area contributed by atoms with Crippen LogP contribution in [0, 0.1) is 0 Å². The largest absolute Gasteiger partial charge is 0.506 e. The Morgan fingerprint density at radius 1 is 1.26 bits per heavy atom. The maximum Gasteiger partial charge on any atom is 0.412 e. The van der Waals surface area contributed by atoms with Crippen LogP contribution in [-0.2, 0) is 10.3 Å². The molecule has 5 nitrogen and oxygen atoms in total. The minimum Gasteiger partial charge on any atom is -0.506 e. The van der Waals surface area contributed by atoms with Gasteiger partial charge in [-0.1, -0.05) is 6.07 Å². The average Bonchev–Trinajstić information content (AvgIpc) is 2.16. The molecule has 0 heterocycles. The predicted molar refractivity (Wildman–Crippen MR) is 75.2 cm³/mol. The van der Waals surface area contributed by atoms with E-state index in [2.05, 4.69) is 5.32 Å². The van der Waals surface area contributed by atoms with Crippen LogP contribution in [0.2, 0.25) is 0 Å². The number of anilines is 1. The first-order valence-corrected chi connectivity index (χ1v) is 6.11. The number of hydrogen-bond donors (Lipinski definition) is 3. The zero-order chi connectivity index (χ0) is 14.8. The highest BCUT2D eigenvalue weighted by molar-refractivity contribution is 5.87. The molecule has 0 fully saturated rings. The van der Waals surface area contributed by atoms with E-state index in [-0.39, 0.29) is 11.4 Å². The first kappa shape index (κ1) is 15.3. The molecule has 0 saturated heterocycles. The topological polar surface area (TPSA) is 84.6 Å². The molecule has 1 aromatic carbocycles. The Bertz CT molecular complexity index is 471. The van der Waals surface area contributed by atoms with Crippen molar-refractivity contribution in [1.29, 1.82) is 0 Å². The summed E-state index contributed by atoms with van der Waals surface area (Å²) in [6.45, 7) is 9.00. The average molecular weight is 266 g/mol. The molecule has 5 heteroatoms. The molecule has 4 N–H and O–H groups in total. The van der Waals surface area contributed by atoms with Crippen molar-refractivity contribution in [3.8, 4) is 5.75 Å². The van der Waals surface area contributed by atoms with Crippen molar-refractivity contribution in [3.63, 3.8) is 0 Å². The van der Waals surface area contributed by atoms with Crippen molar-refractivity contribution in [2.45, 2.75) is 45.8 Å². The van der Waals surface area contributed by atoms with Gasteiger partial charge in [-0.25, -0.2) is 4.79 Å². The van der Waals surface area contributed by atoms with E-state index in [1.54, 1.807) is 32.9 Å². The van der Waals surface area contributed by atoms with Gasteiger partial charge in [0, 0.05) is 5.54 Å². The van der Waals surface area contributed by atoms with Crippen molar-refractivity contribution in [1.82, 2.24) is 0 Å². The number of phenols is 1. The number of hydrogen-bond acceptors (Lipinski definition) is 4. The second-order valence-electron chi connectivity index (χ2n) is 6.08. The van der Waals surface area contributed by atoms with Crippen LogP contribution in [-0.4, -0.2) is 16.8 Å². The third kappa shape index (κ3) is 4.79. The Hall–Kier alpha value is -1.75. The Labute approximate surface area is 113 Å². The van der Waals surface area contributed by atoms with Crippen LogP contribution in [0.25, 0.3) is 0 Å². The number of carbonyl (C=O) groups excluding carboxylic acids is 1. The minimum absolute atomic E-state index is 0.0288. The highest BCUT2D eigenvalue weighted by atomic mass is 16.6. The van der Waals surface area contributed by atoms with E-state index in [9.17, 15) is 9.90 Å². The maximum absolute atomic E-state index is 11.7. The lowest BCUT2D eigenvalue weighted by Crippen LogP contribution is -2.29. The van der Waals surface area contributed by atoms with Crippen LogP contribution in [0.5, 0.6) is 5.75 Å². The molecule has 0 aliphatic carbocycles. The van der Waals surface area contributed by atoms with Gasteiger partial charge >= 0.3 is 6.09 Å². The molecule has 0 radical (unpaired) electrons. The summed E-state index contributed by atoms with van der Waals surface area (Å²) < 4.78 is 5.13. The van der Waals surface area contributed by atoms with Crippen LogP contribution >= 0.6 is 0 Å². The molecule has 0 saturated carbocycles. The van der Waals surface area contributed by atoms with E-state index in [0.29, 0.717) is 0 Å². The SMILES string of the molecule is CC(C)(C)OC(=O)Nc1cc(C(C)(C)N)ccc1O. The zero-order valence-corrected chi connectivity index (χ0v) is 12.1. The summed E-state index contributed by atoms with van der Waals surface area (Å²) in [6, 6.07) is 4.85. The Morgan fingerprint density at radius 3 is 2.32 bits per heavy atom. The highest BCUT2D eigenvalue weighted by Gasteiger charge is 2.19. The minimum atomic E-state index is -0.616. The fourth-order valence-electron chi connectivity index (χ4n) is 1.45. The smallest absolute Gasteiger partial charge is 0.412 e. The van der Waals surface area contributed by atoms with E-state index in [4.69, 9.17) is 10.5 Å². The van der Waals surface area contributed by atoms with Gasteiger partial charge in [-0.15, -0.1) is 0 Å². The van der Waals surface area contributed by atoms with Gasteiger partial charge in [-0.2, -0.15) is 0 Å². The molecule has 1 rings (SSSR count). The number of amides is 1. The van der Waals surface area contributed by atoms with Crippen molar-refractivity contribution < 1.29 is 14.6 Å². The zero-order valence-electron chi connectivity index (χ0n) is 12.1. The number of carbonyl (C=O) groups is 1. The summed E-state index contributed by atoms with van der Waals surface area (Å²) in [5, 5.41) is 12.2.